The highest BCUT2D eigenvalue weighted by Crippen LogP contribution is 2.22. The summed E-state index contributed by atoms with van der Waals surface area (Å²) >= 11 is 0. The minimum absolute atomic E-state index is 0.0219. The Morgan fingerprint density at radius 2 is 1.89 bits per heavy atom. The van der Waals surface area contributed by atoms with Crippen LogP contribution in [0.5, 0.6) is 0 Å². The number of hydrogen-bond acceptors (Lipinski definition) is 3. The van der Waals surface area contributed by atoms with Crippen molar-refractivity contribution in [1.82, 2.24) is 5.32 Å². The smallest absolute Gasteiger partial charge is 0.184 e. The summed E-state index contributed by atoms with van der Waals surface area (Å²) in [5, 5.41) is 2.13. The highest BCUT2D eigenvalue weighted by Gasteiger charge is 2.27. The molecular weight excluding hydrogens is 260 g/mol. The van der Waals surface area contributed by atoms with E-state index in [1.165, 1.54) is 6.92 Å². The molecule has 18 heavy (non-hydrogen) atoms. The first-order chi connectivity index (χ1) is 8.28. The normalized spacial score (nSPS) is 15.4. The summed E-state index contributed by atoms with van der Waals surface area (Å²) < 4.78 is 50.8. The Labute approximate surface area is 106 Å². The van der Waals surface area contributed by atoms with E-state index in [-0.39, 0.29) is 6.04 Å². The molecule has 1 rings (SSSR count). The maximum absolute atomic E-state index is 13.5. The highest BCUT2D eigenvalue weighted by atomic mass is 32.2. The standard InChI is InChI=1S/C12H17F2NO2S/c1-8(15-3)6-9(2)18(16,17)12-7-10(13)4-5-11(12)14/h4-5,7-9,15H,6H2,1-3H3. The summed E-state index contributed by atoms with van der Waals surface area (Å²) in [4.78, 5) is -0.571. The van der Waals surface area contributed by atoms with Crippen molar-refractivity contribution in [3.63, 3.8) is 0 Å². The predicted octanol–water partition coefficient (Wildman–Crippen LogP) is 2.12. The number of nitrogens with one attached hydrogen (secondary N) is 1. The fraction of sp³-hybridized carbons (Fsp3) is 0.500. The molecule has 1 aromatic rings. The average Bonchev–Trinajstić information content (AvgIpc) is 2.31. The maximum atomic E-state index is 13.5. The third-order valence-electron chi connectivity index (χ3n) is 2.91. The van der Waals surface area contributed by atoms with Crippen molar-refractivity contribution in [2.24, 2.45) is 0 Å². The van der Waals surface area contributed by atoms with Crippen LogP contribution in [0.1, 0.15) is 20.3 Å². The Morgan fingerprint density at radius 3 is 2.44 bits per heavy atom. The van der Waals surface area contributed by atoms with Crippen LogP contribution in [-0.2, 0) is 9.84 Å². The van der Waals surface area contributed by atoms with Crippen molar-refractivity contribution in [2.75, 3.05) is 7.05 Å². The Balaban J connectivity index is 3.09. The first kappa shape index (κ1) is 15.0. The van der Waals surface area contributed by atoms with Crippen LogP contribution in [0, 0.1) is 11.6 Å². The molecule has 0 saturated carbocycles. The molecule has 0 aliphatic heterocycles. The van der Waals surface area contributed by atoms with Crippen LogP contribution >= 0.6 is 0 Å². The number of benzene rings is 1. The molecule has 0 aliphatic rings. The van der Waals surface area contributed by atoms with Gasteiger partial charge in [-0.25, -0.2) is 17.2 Å². The maximum Gasteiger partial charge on any atom is 0.184 e. The van der Waals surface area contributed by atoms with Gasteiger partial charge in [-0.2, -0.15) is 0 Å². The summed E-state index contributed by atoms with van der Waals surface area (Å²) in [6, 6.07) is 2.43. The zero-order valence-electron chi connectivity index (χ0n) is 10.6. The summed E-state index contributed by atoms with van der Waals surface area (Å²) in [6.07, 6.45) is 0.328. The molecule has 102 valence electrons. The van der Waals surface area contributed by atoms with E-state index in [4.69, 9.17) is 0 Å². The van der Waals surface area contributed by atoms with Crippen molar-refractivity contribution in [2.45, 2.75) is 36.5 Å². The molecule has 1 aromatic carbocycles. The summed E-state index contributed by atoms with van der Waals surface area (Å²) in [7, 11) is -2.14. The first-order valence-electron chi connectivity index (χ1n) is 5.65. The van der Waals surface area contributed by atoms with Gasteiger partial charge in [-0.3, -0.25) is 0 Å². The van der Waals surface area contributed by atoms with Gasteiger partial charge in [-0.15, -0.1) is 0 Å². The van der Waals surface area contributed by atoms with Crippen molar-refractivity contribution in [1.29, 1.82) is 0 Å². The molecule has 0 amide bonds. The largest absolute Gasteiger partial charge is 0.317 e. The van der Waals surface area contributed by atoms with E-state index in [0.29, 0.717) is 6.42 Å². The van der Waals surface area contributed by atoms with Crippen LogP contribution in [0.2, 0.25) is 0 Å². The van der Waals surface area contributed by atoms with E-state index in [1.54, 1.807) is 7.05 Å². The van der Waals surface area contributed by atoms with Crippen LogP contribution in [-0.4, -0.2) is 26.8 Å². The van der Waals surface area contributed by atoms with E-state index in [2.05, 4.69) is 5.32 Å². The second-order valence-electron chi connectivity index (χ2n) is 4.36. The number of sulfone groups is 1. The predicted molar refractivity (Wildman–Crippen MR) is 66.1 cm³/mol. The molecule has 2 unspecified atom stereocenters. The number of halogens is 2. The zero-order valence-corrected chi connectivity index (χ0v) is 11.4. The van der Waals surface area contributed by atoms with Gasteiger partial charge in [-0.05, 0) is 45.5 Å². The average molecular weight is 277 g/mol. The molecule has 0 spiro atoms. The topological polar surface area (TPSA) is 46.2 Å². The quantitative estimate of drug-likeness (QED) is 0.896. The van der Waals surface area contributed by atoms with Crippen LogP contribution < -0.4 is 5.32 Å². The fourth-order valence-corrected chi connectivity index (χ4v) is 3.25. The molecule has 0 radical (unpaired) electrons. The number of hydrogen-bond donors (Lipinski definition) is 1. The van der Waals surface area contributed by atoms with Crippen LogP contribution in [0.3, 0.4) is 0 Å². The molecule has 0 aromatic heterocycles. The van der Waals surface area contributed by atoms with E-state index >= 15 is 0 Å². The molecule has 0 fully saturated rings. The lowest BCUT2D eigenvalue weighted by Crippen LogP contribution is -2.30. The lowest BCUT2D eigenvalue weighted by Gasteiger charge is -2.17. The van der Waals surface area contributed by atoms with Crippen molar-refractivity contribution in [3.8, 4) is 0 Å². The van der Waals surface area contributed by atoms with E-state index in [1.807, 2.05) is 6.92 Å². The zero-order chi connectivity index (χ0) is 13.9. The van der Waals surface area contributed by atoms with Gasteiger partial charge in [0.25, 0.3) is 0 Å². The molecule has 0 bridgehead atoms. The molecule has 0 saturated heterocycles. The highest BCUT2D eigenvalue weighted by molar-refractivity contribution is 7.92. The summed E-state index contributed by atoms with van der Waals surface area (Å²) in [5.74, 6) is -1.68. The third kappa shape index (κ3) is 3.26. The van der Waals surface area contributed by atoms with E-state index < -0.39 is 31.6 Å². The molecular formula is C12H17F2NO2S. The Morgan fingerprint density at radius 1 is 1.28 bits per heavy atom. The van der Waals surface area contributed by atoms with Gasteiger partial charge in [0.15, 0.2) is 9.84 Å². The second-order valence-corrected chi connectivity index (χ2v) is 6.69. The summed E-state index contributed by atoms with van der Waals surface area (Å²) in [6.45, 7) is 3.32. The van der Waals surface area contributed by atoms with Gasteiger partial charge >= 0.3 is 0 Å². The first-order valence-corrected chi connectivity index (χ1v) is 7.20. The van der Waals surface area contributed by atoms with Gasteiger partial charge in [-0.1, -0.05) is 0 Å². The van der Waals surface area contributed by atoms with E-state index in [9.17, 15) is 17.2 Å². The lowest BCUT2D eigenvalue weighted by molar-refractivity contribution is 0.519. The summed E-state index contributed by atoms with van der Waals surface area (Å²) in [5.41, 5.74) is 0. The van der Waals surface area contributed by atoms with E-state index in [0.717, 1.165) is 18.2 Å². The van der Waals surface area contributed by atoms with Gasteiger partial charge in [0, 0.05) is 6.04 Å². The molecule has 0 heterocycles. The van der Waals surface area contributed by atoms with Crippen molar-refractivity contribution < 1.29 is 17.2 Å². The minimum Gasteiger partial charge on any atom is -0.317 e. The fourth-order valence-electron chi connectivity index (χ4n) is 1.65. The minimum atomic E-state index is -3.85. The molecule has 3 nitrogen and oxygen atoms in total. The Bertz CT molecular complexity index is 517. The SMILES string of the molecule is CNC(C)CC(C)S(=O)(=O)c1cc(F)ccc1F. The van der Waals surface area contributed by atoms with Crippen LogP contribution in [0.15, 0.2) is 23.1 Å². The Kier molecular flexibility index (Phi) is 4.81. The third-order valence-corrected chi connectivity index (χ3v) is 5.09. The lowest BCUT2D eigenvalue weighted by atomic mass is 10.2. The monoisotopic (exact) mass is 277 g/mol. The number of rotatable bonds is 5. The Hall–Kier alpha value is -1.01. The second kappa shape index (κ2) is 5.75. The molecule has 6 heteroatoms. The van der Waals surface area contributed by atoms with Crippen molar-refractivity contribution >= 4 is 9.84 Å². The van der Waals surface area contributed by atoms with Gasteiger partial charge in [0.2, 0.25) is 0 Å². The molecule has 2 atom stereocenters. The molecule has 0 aliphatic carbocycles. The van der Waals surface area contributed by atoms with Crippen LogP contribution in [0.4, 0.5) is 8.78 Å². The van der Waals surface area contributed by atoms with Crippen LogP contribution in [0.25, 0.3) is 0 Å². The van der Waals surface area contributed by atoms with Gasteiger partial charge < -0.3 is 5.32 Å². The van der Waals surface area contributed by atoms with Gasteiger partial charge in [0.05, 0.1) is 5.25 Å². The van der Waals surface area contributed by atoms with Crippen molar-refractivity contribution in [3.05, 3.63) is 29.8 Å². The van der Waals surface area contributed by atoms with Gasteiger partial charge in [0.1, 0.15) is 16.5 Å². The molecule has 1 N–H and O–H groups in total.